The van der Waals surface area contributed by atoms with Crippen LogP contribution in [0.15, 0.2) is 6.20 Å². The molecular weight excluding hydrogens is 190 g/mol. The van der Waals surface area contributed by atoms with Crippen LogP contribution in [0, 0.1) is 0 Å². The minimum atomic E-state index is -0.0460. The fourth-order valence-electron chi connectivity index (χ4n) is 1.25. The van der Waals surface area contributed by atoms with E-state index in [0.717, 1.165) is 17.9 Å². The lowest BCUT2D eigenvalue weighted by Crippen LogP contribution is -2.18. The van der Waals surface area contributed by atoms with Gasteiger partial charge in [-0.2, -0.15) is 0 Å². The van der Waals surface area contributed by atoms with Crippen LogP contribution in [0.5, 0.6) is 5.75 Å². The Bertz CT molecular complexity index is 331. The molecule has 0 saturated heterocycles. The summed E-state index contributed by atoms with van der Waals surface area (Å²) in [7, 11) is 1.62. The van der Waals surface area contributed by atoms with E-state index in [2.05, 4.69) is 30.7 Å². The van der Waals surface area contributed by atoms with E-state index in [0.29, 0.717) is 12.3 Å². The molecule has 4 heteroatoms. The van der Waals surface area contributed by atoms with Crippen molar-refractivity contribution >= 4 is 0 Å². The van der Waals surface area contributed by atoms with Gasteiger partial charge in [-0.25, -0.2) is 9.97 Å². The van der Waals surface area contributed by atoms with Crippen molar-refractivity contribution in [1.82, 2.24) is 9.97 Å². The molecule has 15 heavy (non-hydrogen) atoms. The molecule has 1 heterocycles. The van der Waals surface area contributed by atoms with E-state index >= 15 is 0 Å². The quantitative estimate of drug-likeness (QED) is 0.814. The van der Waals surface area contributed by atoms with Crippen LogP contribution >= 0.6 is 0 Å². The molecule has 0 amide bonds. The van der Waals surface area contributed by atoms with Crippen molar-refractivity contribution in [3.63, 3.8) is 0 Å². The first kappa shape index (κ1) is 11.9. The van der Waals surface area contributed by atoms with Crippen molar-refractivity contribution in [1.29, 1.82) is 0 Å². The Morgan fingerprint density at radius 1 is 1.40 bits per heavy atom. The molecule has 0 atom stereocenters. The van der Waals surface area contributed by atoms with Gasteiger partial charge in [0.2, 0.25) is 0 Å². The van der Waals surface area contributed by atoms with Crippen LogP contribution < -0.4 is 10.5 Å². The Kier molecular flexibility index (Phi) is 3.63. The monoisotopic (exact) mass is 209 g/mol. The first-order chi connectivity index (χ1) is 6.99. The van der Waals surface area contributed by atoms with E-state index < -0.39 is 0 Å². The highest BCUT2D eigenvalue weighted by molar-refractivity contribution is 5.26. The standard InChI is InChI=1S/C11H19N3O/c1-11(2,3)10-13-7-9(15-4)8(14-10)5-6-12/h7H,5-6,12H2,1-4H3. The molecule has 1 rings (SSSR count). The molecule has 1 aromatic rings. The second kappa shape index (κ2) is 4.57. The van der Waals surface area contributed by atoms with Crippen LogP contribution in [0.25, 0.3) is 0 Å². The average molecular weight is 209 g/mol. The number of nitrogens with zero attached hydrogens (tertiary/aromatic N) is 2. The zero-order chi connectivity index (χ0) is 11.5. The third-order valence-electron chi connectivity index (χ3n) is 2.10. The van der Waals surface area contributed by atoms with Crippen LogP contribution in [-0.4, -0.2) is 23.6 Å². The molecule has 0 spiro atoms. The van der Waals surface area contributed by atoms with Gasteiger partial charge in [-0.15, -0.1) is 0 Å². The molecule has 0 aliphatic rings. The zero-order valence-electron chi connectivity index (χ0n) is 9.87. The molecule has 1 aromatic heterocycles. The summed E-state index contributed by atoms with van der Waals surface area (Å²) in [6.45, 7) is 6.82. The Morgan fingerprint density at radius 3 is 2.53 bits per heavy atom. The van der Waals surface area contributed by atoms with Gasteiger partial charge in [0.05, 0.1) is 19.0 Å². The van der Waals surface area contributed by atoms with Crippen LogP contribution in [0.1, 0.15) is 32.3 Å². The highest BCUT2D eigenvalue weighted by Crippen LogP contribution is 2.22. The van der Waals surface area contributed by atoms with E-state index in [1.54, 1.807) is 13.3 Å². The van der Waals surface area contributed by atoms with E-state index in [9.17, 15) is 0 Å². The van der Waals surface area contributed by atoms with Crippen LogP contribution in [0.4, 0.5) is 0 Å². The summed E-state index contributed by atoms with van der Waals surface area (Å²) in [5.41, 5.74) is 6.37. The number of hydrogen-bond acceptors (Lipinski definition) is 4. The first-order valence-electron chi connectivity index (χ1n) is 5.09. The van der Waals surface area contributed by atoms with Crippen molar-refractivity contribution < 1.29 is 4.74 Å². The van der Waals surface area contributed by atoms with Gasteiger partial charge in [-0.3, -0.25) is 0 Å². The van der Waals surface area contributed by atoms with Crippen molar-refractivity contribution in [3.05, 3.63) is 17.7 Å². The van der Waals surface area contributed by atoms with E-state index in [-0.39, 0.29) is 5.41 Å². The largest absolute Gasteiger partial charge is 0.493 e. The Labute approximate surface area is 90.9 Å². The minimum Gasteiger partial charge on any atom is -0.493 e. The Hall–Kier alpha value is -1.16. The first-order valence-corrected chi connectivity index (χ1v) is 5.09. The minimum absolute atomic E-state index is 0.0460. The maximum atomic E-state index is 5.53. The second-order valence-corrected chi connectivity index (χ2v) is 4.50. The van der Waals surface area contributed by atoms with Gasteiger partial charge in [0, 0.05) is 11.8 Å². The van der Waals surface area contributed by atoms with Gasteiger partial charge in [0.1, 0.15) is 5.82 Å². The SMILES string of the molecule is COc1cnc(C(C)(C)C)nc1CCN. The lowest BCUT2D eigenvalue weighted by atomic mass is 9.95. The van der Waals surface area contributed by atoms with Crippen LogP contribution in [0.3, 0.4) is 0 Å². The summed E-state index contributed by atoms with van der Waals surface area (Å²) < 4.78 is 5.18. The molecule has 0 bridgehead atoms. The maximum Gasteiger partial charge on any atom is 0.158 e. The Morgan fingerprint density at radius 2 is 2.07 bits per heavy atom. The highest BCUT2D eigenvalue weighted by atomic mass is 16.5. The van der Waals surface area contributed by atoms with Gasteiger partial charge in [0.25, 0.3) is 0 Å². The predicted octanol–water partition coefficient (Wildman–Crippen LogP) is 1.28. The van der Waals surface area contributed by atoms with E-state index in [1.165, 1.54) is 0 Å². The normalized spacial score (nSPS) is 11.5. The number of hydrogen-bond donors (Lipinski definition) is 1. The van der Waals surface area contributed by atoms with Crippen LogP contribution in [-0.2, 0) is 11.8 Å². The van der Waals surface area contributed by atoms with E-state index in [1.807, 2.05) is 0 Å². The predicted molar refractivity (Wildman–Crippen MR) is 60.0 cm³/mol. The summed E-state index contributed by atoms with van der Waals surface area (Å²) in [5.74, 6) is 1.54. The zero-order valence-corrected chi connectivity index (χ0v) is 9.87. The molecule has 0 fully saturated rings. The highest BCUT2D eigenvalue weighted by Gasteiger charge is 2.19. The fraction of sp³-hybridized carbons (Fsp3) is 0.636. The molecule has 0 aliphatic heterocycles. The molecule has 84 valence electrons. The third kappa shape index (κ3) is 2.89. The third-order valence-corrected chi connectivity index (χ3v) is 2.10. The van der Waals surface area contributed by atoms with Crippen molar-refractivity contribution in [2.24, 2.45) is 5.73 Å². The molecule has 0 aliphatic carbocycles. The number of ether oxygens (including phenoxy) is 1. The molecule has 0 aromatic carbocycles. The molecule has 0 radical (unpaired) electrons. The van der Waals surface area contributed by atoms with Crippen molar-refractivity contribution in [2.45, 2.75) is 32.6 Å². The summed E-state index contributed by atoms with van der Waals surface area (Å²) in [5, 5.41) is 0. The molecular formula is C11H19N3O. The maximum absolute atomic E-state index is 5.53. The van der Waals surface area contributed by atoms with Gasteiger partial charge in [0.15, 0.2) is 5.75 Å². The van der Waals surface area contributed by atoms with Crippen molar-refractivity contribution in [2.75, 3.05) is 13.7 Å². The lowest BCUT2D eigenvalue weighted by molar-refractivity contribution is 0.400. The average Bonchev–Trinajstić information content (AvgIpc) is 2.17. The smallest absolute Gasteiger partial charge is 0.158 e. The van der Waals surface area contributed by atoms with Gasteiger partial charge < -0.3 is 10.5 Å². The summed E-state index contributed by atoms with van der Waals surface area (Å²) >= 11 is 0. The molecule has 2 N–H and O–H groups in total. The van der Waals surface area contributed by atoms with Gasteiger partial charge >= 0.3 is 0 Å². The Balaban J connectivity index is 3.10. The summed E-state index contributed by atoms with van der Waals surface area (Å²) in [6.07, 6.45) is 2.44. The summed E-state index contributed by atoms with van der Waals surface area (Å²) in [6, 6.07) is 0. The second-order valence-electron chi connectivity index (χ2n) is 4.50. The molecule has 0 saturated carbocycles. The fourth-order valence-corrected chi connectivity index (χ4v) is 1.25. The molecule has 0 unspecified atom stereocenters. The lowest BCUT2D eigenvalue weighted by Gasteiger charge is -2.18. The number of aromatic nitrogens is 2. The number of nitrogens with two attached hydrogens (primary N) is 1. The van der Waals surface area contributed by atoms with Gasteiger partial charge in [-0.05, 0) is 6.54 Å². The van der Waals surface area contributed by atoms with Crippen LogP contribution in [0.2, 0.25) is 0 Å². The number of rotatable bonds is 3. The summed E-state index contributed by atoms with van der Waals surface area (Å²) in [4.78, 5) is 8.78. The van der Waals surface area contributed by atoms with E-state index in [4.69, 9.17) is 10.5 Å². The topological polar surface area (TPSA) is 61.0 Å². The molecule has 4 nitrogen and oxygen atoms in total. The van der Waals surface area contributed by atoms with Crippen molar-refractivity contribution in [3.8, 4) is 5.75 Å². The number of methoxy groups -OCH3 is 1. The van der Waals surface area contributed by atoms with Gasteiger partial charge in [-0.1, -0.05) is 20.8 Å².